The molecule has 4 rings (SSSR count). The molecule has 1 heterocycles. The van der Waals surface area contributed by atoms with Crippen LogP contribution in [0.3, 0.4) is 0 Å². The number of nitrogens with one attached hydrogen (secondary N) is 1. The quantitative estimate of drug-likeness (QED) is 0.231. The minimum absolute atomic E-state index is 0.194. The molecule has 0 spiro atoms. The molecule has 0 aliphatic heterocycles. The second-order valence-corrected chi connectivity index (χ2v) is 9.70. The number of carbonyl (C=O) groups is 1. The zero-order valence-corrected chi connectivity index (χ0v) is 22.2. The summed E-state index contributed by atoms with van der Waals surface area (Å²) in [6.07, 6.45) is 3.20. The molecule has 186 valence electrons. The Morgan fingerprint density at radius 2 is 1.69 bits per heavy atom. The predicted octanol–water partition coefficient (Wildman–Crippen LogP) is 6.53. The van der Waals surface area contributed by atoms with Crippen molar-refractivity contribution in [1.82, 2.24) is 14.9 Å². The van der Waals surface area contributed by atoms with E-state index in [1.54, 1.807) is 43.1 Å². The average Bonchev–Trinajstić information content (AvgIpc) is 3.40. The van der Waals surface area contributed by atoms with E-state index in [1.165, 1.54) is 0 Å². The van der Waals surface area contributed by atoms with Gasteiger partial charge in [-0.2, -0.15) is 11.8 Å². The molecule has 4 aromatic rings. The van der Waals surface area contributed by atoms with Gasteiger partial charge in [-0.25, -0.2) is 4.98 Å². The molecule has 0 aliphatic rings. The molecule has 6 nitrogen and oxygen atoms in total. The van der Waals surface area contributed by atoms with Gasteiger partial charge < -0.3 is 14.8 Å². The van der Waals surface area contributed by atoms with E-state index in [0.717, 1.165) is 28.1 Å². The fourth-order valence-corrected chi connectivity index (χ4v) is 5.29. The minimum Gasteiger partial charge on any atom is -0.493 e. The number of methoxy groups -OCH3 is 2. The molecule has 0 radical (unpaired) electrons. The Kier molecular flexibility index (Phi) is 8.80. The SMILES string of the molecule is COc1ccc(-c2cccc(-n3cncc3C(=O)NCCSCc3c(Cl)cccc3Cl)c2)cc1OC. The number of halogens is 2. The van der Waals surface area contributed by atoms with Crippen molar-refractivity contribution in [2.75, 3.05) is 26.5 Å². The van der Waals surface area contributed by atoms with Crippen LogP contribution in [0.2, 0.25) is 10.0 Å². The number of aromatic nitrogens is 2. The molecule has 1 aromatic heterocycles. The summed E-state index contributed by atoms with van der Waals surface area (Å²) in [6, 6.07) is 19.1. The van der Waals surface area contributed by atoms with Gasteiger partial charge in [0.15, 0.2) is 11.5 Å². The Hall–Kier alpha value is -3.13. The van der Waals surface area contributed by atoms with E-state index in [4.69, 9.17) is 32.7 Å². The maximum absolute atomic E-state index is 12.9. The van der Waals surface area contributed by atoms with Crippen LogP contribution in [0.4, 0.5) is 0 Å². The summed E-state index contributed by atoms with van der Waals surface area (Å²) in [5.41, 5.74) is 4.13. The van der Waals surface area contributed by atoms with Crippen LogP contribution in [0.25, 0.3) is 16.8 Å². The normalized spacial score (nSPS) is 10.8. The Morgan fingerprint density at radius 1 is 0.972 bits per heavy atom. The van der Waals surface area contributed by atoms with Gasteiger partial charge in [-0.1, -0.05) is 47.5 Å². The van der Waals surface area contributed by atoms with Gasteiger partial charge in [-0.3, -0.25) is 9.36 Å². The number of rotatable bonds is 10. The van der Waals surface area contributed by atoms with E-state index in [9.17, 15) is 4.79 Å². The van der Waals surface area contributed by atoms with Crippen LogP contribution in [0, 0.1) is 0 Å². The number of imidazole rings is 1. The fourth-order valence-electron chi connectivity index (χ4n) is 3.69. The third-order valence-electron chi connectivity index (χ3n) is 5.55. The number of ether oxygens (including phenoxy) is 2. The maximum atomic E-state index is 12.9. The molecule has 0 bridgehead atoms. The second-order valence-electron chi connectivity index (χ2n) is 7.78. The van der Waals surface area contributed by atoms with Crippen molar-refractivity contribution in [2.45, 2.75) is 5.75 Å². The Balaban J connectivity index is 1.41. The van der Waals surface area contributed by atoms with Crippen LogP contribution in [-0.2, 0) is 5.75 Å². The number of hydrogen-bond donors (Lipinski definition) is 1. The van der Waals surface area contributed by atoms with Gasteiger partial charge in [0.05, 0.1) is 26.7 Å². The lowest BCUT2D eigenvalue weighted by molar-refractivity contribution is 0.0949. The van der Waals surface area contributed by atoms with Gasteiger partial charge in [-0.05, 0) is 53.1 Å². The van der Waals surface area contributed by atoms with E-state index >= 15 is 0 Å². The molecule has 0 aliphatic carbocycles. The van der Waals surface area contributed by atoms with Crippen molar-refractivity contribution in [3.63, 3.8) is 0 Å². The molecular formula is C27H25Cl2N3O3S. The summed E-state index contributed by atoms with van der Waals surface area (Å²) in [4.78, 5) is 17.1. The number of hydrogen-bond acceptors (Lipinski definition) is 5. The third kappa shape index (κ3) is 5.98. The van der Waals surface area contributed by atoms with Gasteiger partial charge in [0.2, 0.25) is 0 Å². The highest BCUT2D eigenvalue weighted by Gasteiger charge is 2.14. The average molecular weight is 542 g/mol. The lowest BCUT2D eigenvalue weighted by Crippen LogP contribution is -2.27. The molecule has 0 fully saturated rings. The minimum atomic E-state index is -0.194. The standard InChI is InChI=1S/C27H25Cl2N3O3S/c1-34-25-10-9-19(14-26(25)35-2)18-5-3-6-20(13-18)32-17-30-15-24(32)27(33)31-11-12-36-16-21-22(28)7-4-8-23(21)29/h3-10,13-15,17H,11-12,16H2,1-2H3,(H,31,33). The second kappa shape index (κ2) is 12.2. The van der Waals surface area contributed by atoms with Gasteiger partial charge in [0.25, 0.3) is 5.91 Å². The van der Waals surface area contributed by atoms with Crippen LogP contribution in [0.5, 0.6) is 11.5 Å². The van der Waals surface area contributed by atoms with Crippen molar-refractivity contribution in [3.05, 3.63) is 94.5 Å². The van der Waals surface area contributed by atoms with Crippen LogP contribution in [-0.4, -0.2) is 42.0 Å². The van der Waals surface area contributed by atoms with Gasteiger partial charge in [0.1, 0.15) is 5.69 Å². The highest BCUT2D eigenvalue weighted by molar-refractivity contribution is 7.98. The Morgan fingerprint density at radius 3 is 2.44 bits per heavy atom. The highest BCUT2D eigenvalue weighted by atomic mass is 35.5. The van der Waals surface area contributed by atoms with Gasteiger partial charge in [0, 0.05) is 33.8 Å². The first-order valence-corrected chi connectivity index (χ1v) is 13.1. The largest absolute Gasteiger partial charge is 0.493 e. The molecule has 9 heteroatoms. The van der Waals surface area contributed by atoms with E-state index in [0.29, 0.717) is 39.5 Å². The molecular weight excluding hydrogens is 517 g/mol. The van der Waals surface area contributed by atoms with Gasteiger partial charge in [-0.15, -0.1) is 0 Å². The van der Waals surface area contributed by atoms with Crippen LogP contribution in [0.15, 0.2) is 73.2 Å². The van der Waals surface area contributed by atoms with E-state index in [2.05, 4.69) is 10.3 Å². The molecule has 0 unspecified atom stereocenters. The summed E-state index contributed by atoms with van der Waals surface area (Å²) in [5.74, 6) is 2.52. The van der Waals surface area contributed by atoms with Crippen LogP contribution in [0.1, 0.15) is 16.1 Å². The van der Waals surface area contributed by atoms with Crippen molar-refractivity contribution in [2.24, 2.45) is 0 Å². The first-order valence-electron chi connectivity index (χ1n) is 11.2. The summed E-state index contributed by atoms with van der Waals surface area (Å²) >= 11 is 14.1. The zero-order valence-electron chi connectivity index (χ0n) is 19.8. The summed E-state index contributed by atoms with van der Waals surface area (Å²) in [6.45, 7) is 0.502. The molecule has 3 aromatic carbocycles. The third-order valence-corrected chi connectivity index (χ3v) is 7.25. The monoisotopic (exact) mass is 541 g/mol. The fraction of sp³-hybridized carbons (Fsp3) is 0.185. The number of benzene rings is 3. The zero-order chi connectivity index (χ0) is 25.5. The van der Waals surface area contributed by atoms with E-state index in [-0.39, 0.29) is 5.91 Å². The summed E-state index contributed by atoms with van der Waals surface area (Å²) in [7, 11) is 3.22. The predicted molar refractivity (Wildman–Crippen MR) is 147 cm³/mol. The van der Waals surface area contributed by atoms with Gasteiger partial charge >= 0.3 is 0 Å². The molecule has 36 heavy (non-hydrogen) atoms. The first-order chi connectivity index (χ1) is 17.5. The molecule has 0 saturated carbocycles. The molecule has 0 atom stereocenters. The maximum Gasteiger partial charge on any atom is 0.269 e. The molecule has 0 saturated heterocycles. The highest BCUT2D eigenvalue weighted by Crippen LogP contribution is 2.33. The number of thioether (sulfide) groups is 1. The summed E-state index contributed by atoms with van der Waals surface area (Å²) < 4.78 is 12.5. The Bertz CT molecular complexity index is 1340. The number of amides is 1. The lowest BCUT2D eigenvalue weighted by Gasteiger charge is -2.12. The molecule has 1 N–H and O–H groups in total. The van der Waals surface area contributed by atoms with Crippen molar-refractivity contribution < 1.29 is 14.3 Å². The topological polar surface area (TPSA) is 65.4 Å². The summed E-state index contributed by atoms with van der Waals surface area (Å²) in [5, 5.41) is 4.27. The number of carbonyl (C=O) groups excluding carboxylic acids is 1. The van der Waals surface area contributed by atoms with Crippen LogP contribution >= 0.6 is 35.0 Å². The molecule has 1 amide bonds. The Labute approximate surface area is 224 Å². The first kappa shape index (κ1) is 25.9. The van der Waals surface area contributed by atoms with E-state index < -0.39 is 0 Å². The van der Waals surface area contributed by atoms with Crippen molar-refractivity contribution >= 4 is 40.9 Å². The van der Waals surface area contributed by atoms with E-state index in [1.807, 2.05) is 60.7 Å². The van der Waals surface area contributed by atoms with Crippen molar-refractivity contribution in [3.8, 4) is 28.3 Å². The lowest BCUT2D eigenvalue weighted by atomic mass is 10.0. The van der Waals surface area contributed by atoms with Crippen LogP contribution < -0.4 is 14.8 Å². The van der Waals surface area contributed by atoms with Crippen molar-refractivity contribution in [1.29, 1.82) is 0 Å². The number of nitrogens with zero attached hydrogens (tertiary/aromatic N) is 2. The smallest absolute Gasteiger partial charge is 0.269 e.